The third-order valence-electron chi connectivity index (χ3n) is 3.74. The van der Waals surface area contributed by atoms with Crippen LogP contribution in [0.3, 0.4) is 0 Å². The molecule has 2 aromatic heterocycles. The number of aromatic nitrogens is 2. The fraction of sp³-hybridized carbons (Fsp3) is 0.105. The first-order valence-electron chi connectivity index (χ1n) is 8.13. The highest BCUT2D eigenvalue weighted by molar-refractivity contribution is 7.07. The molecule has 3 rings (SSSR count). The van der Waals surface area contributed by atoms with E-state index in [9.17, 15) is 10.1 Å². The second kappa shape index (κ2) is 8.33. The number of pyridine rings is 1. The van der Waals surface area contributed by atoms with Crippen LogP contribution in [0.4, 0.5) is 5.69 Å². The maximum Gasteiger partial charge on any atom is 0.269 e. The predicted molar refractivity (Wildman–Crippen MR) is 107 cm³/mol. The summed E-state index contributed by atoms with van der Waals surface area (Å²) in [4.78, 5) is 19.8. The molecule has 0 saturated carbocycles. The van der Waals surface area contributed by atoms with Crippen molar-refractivity contribution in [2.45, 2.75) is 6.92 Å². The van der Waals surface area contributed by atoms with Gasteiger partial charge in [0.25, 0.3) is 5.69 Å². The summed E-state index contributed by atoms with van der Waals surface area (Å²) in [5, 5.41) is 17.5. The second-order valence-corrected chi connectivity index (χ2v) is 6.41. The lowest BCUT2D eigenvalue weighted by atomic mass is 10.1. The molecule has 0 unspecified atom stereocenters. The van der Waals surface area contributed by atoms with Crippen LogP contribution in [-0.4, -0.2) is 26.8 Å². The number of nitrogens with zero attached hydrogens (tertiary/aromatic N) is 5. The molecule has 0 N–H and O–H groups in total. The monoisotopic (exact) mass is 379 g/mol. The number of benzene rings is 1. The number of non-ortho nitro benzene ring substituents is 1. The van der Waals surface area contributed by atoms with Crippen LogP contribution in [0, 0.1) is 10.1 Å². The highest BCUT2D eigenvalue weighted by Gasteiger charge is 2.11. The zero-order chi connectivity index (χ0) is 19.2. The first kappa shape index (κ1) is 18.4. The topological polar surface area (TPSA) is 85.7 Å². The Labute approximate surface area is 159 Å². The number of rotatable bonds is 6. The summed E-state index contributed by atoms with van der Waals surface area (Å²) in [6, 6.07) is 10.2. The molecule has 0 aliphatic carbocycles. The Morgan fingerprint density at radius 2 is 2.15 bits per heavy atom. The molecule has 0 amide bonds. The van der Waals surface area contributed by atoms with Gasteiger partial charge in [-0.3, -0.25) is 20.1 Å². The third kappa shape index (κ3) is 4.24. The average molecular weight is 379 g/mol. The summed E-state index contributed by atoms with van der Waals surface area (Å²) in [5.41, 5.74) is 3.36. The minimum atomic E-state index is -0.416. The SMILES string of the molecule is C=CCN=c1scc(-c2ccc([N+](=O)[O-])cc2)n1N=C(C)c1cccnc1. The van der Waals surface area contributed by atoms with Crippen LogP contribution in [0.2, 0.25) is 0 Å². The van der Waals surface area contributed by atoms with E-state index in [-0.39, 0.29) is 5.69 Å². The van der Waals surface area contributed by atoms with Crippen molar-refractivity contribution >= 4 is 22.7 Å². The quantitative estimate of drug-likeness (QED) is 0.282. The Hall–Kier alpha value is -3.39. The van der Waals surface area contributed by atoms with Gasteiger partial charge in [0.2, 0.25) is 4.80 Å². The van der Waals surface area contributed by atoms with E-state index in [0.29, 0.717) is 11.3 Å². The normalized spacial score (nSPS) is 12.2. The van der Waals surface area contributed by atoms with Crippen molar-refractivity contribution in [1.29, 1.82) is 0 Å². The number of nitro groups is 1. The van der Waals surface area contributed by atoms with Gasteiger partial charge >= 0.3 is 0 Å². The van der Waals surface area contributed by atoms with Crippen LogP contribution in [0.25, 0.3) is 11.3 Å². The largest absolute Gasteiger partial charge is 0.269 e. The van der Waals surface area contributed by atoms with Crippen LogP contribution in [0.5, 0.6) is 0 Å². The maximum atomic E-state index is 10.9. The Bertz CT molecular complexity index is 1050. The van der Waals surface area contributed by atoms with Gasteiger partial charge in [0, 0.05) is 41.0 Å². The Balaban J connectivity index is 2.11. The molecule has 3 aromatic rings. The summed E-state index contributed by atoms with van der Waals surface area (Å²) in [6.45, 7) is 6.07. The van der Waals surface area contributed by atoms with Crippen molar-refractivity contribution in [3.63, 3.8) is 0 Å². The van der Waals surface area contributed by atoms with Gasteiger partial charge in [-0.25, -0.2) is 4.68 Å². The van der Waals surface area contributed by atoms with Gasteiger partial charge in [0.1, 0.15) is 0 Å². The molecule has 7 nitrogen and oxygen atoms in total. The lowest BCUT2D eigenvalue weighted by Gasteiger charge is -2.06. The lowest BCUT2D eigenvalue weighted by Crippen LogP contribution is -2.14. The predicted octanol–water partition coefficient (Wildman–Crippen LogP) is 3.88. The fourth-order valence-electron chi connectivity index (χ4n) is 2.38. The van der Waals surface area contributed by atoms with E-state index in [2.05, 4.69) is 16.6 Å². The number of hydrogen-bond acceptors (Lipinski definition) is 6. The summed E-state index contributed by atoms with van der Waals surface area (Å²) in [6.07, 6.45) is 5.17. The highest BCUT2D eigenvalue weighted by Crippen LogP contribution is 2.23. The molecule has 0 saturated heterocycles. The lowest BCUT2D eigenvalue weighted by molar-refractivity contribution is -0.384. The minimum absolute atomic E-state index is 0.0483. The Morgan fingerprint density at radius 1 is 1.37 bits per heavy atom. The summed E-state index contributed by atoms with van der Waals surface area (Å²) in [7, 11) is 0. The van der Waals surface area contributed by atoms with E-state index >= 15 is 0 Å². The van der Waals surface area contributed by atoms with Gasteiger partial charge in [-0.15, -0.1) is 17.9 Å². The Morgan fingerprint density at radius 3 is 2.78 bits per heavy atom. The van der Waals surface area contributed by atoms with Crippen LogP contribution in [0.1, 0.15) is 12.5 Å². The second-order valence-electron chi connectivity index (χ2n) is 5.58. The van der Waals surface area contributed by atoms with E-state index in [1.807, 2.05) is 24.4 Å². The molecule has 0 spiro atoms. The van der Waals surface area contributed by atoms with Gasteiger partial charge in [-0.1, -0.05) is 12.1 Å². The molecule has 2 heterocycles. The van der Waals surface area contributed by atoms with Crippen molar-refractivity contribution in [3.05, 3.63) is 87.3 Å². The average Bonchev–Trinajstić information content (AvgIpc) is 3.09. The van der Waals surface area contributed by atoms with Crippen molar-refractivity contribution in [2.24, 2.45) is 10.1 Å². The molecule has 0 bridgehead atoms. The zero-order valence-electron chi connectivity index (χ0n) is 14.6. The molecule has 1 aromatic carbocycles. The molecular formula is C19H17N5O2S. The third-order valence-corrected chi connectivity index (χ3v) is 4.60. The first-order chi connectivity index (χ1) is 13.1. The highest BCUT2D eigenvalue weighted by atomic mass is 32.1. The number of thiazole rings is 1. The van der Waals surface area contributed by atoms with E-state index in [0.717, 1.165) is 22.5 Å². The molecule has 27 heavy (non-hydrogen) atoms. The maximum absolute atomic E-state index is 10.9. The first-order valence-corrected chi connectivity index (χ1v) is 9.01. The molecule has 0 aliphatic heterocycles. The zero-order valence-corrected chi connectivity index (χ0v) is 15.5. The van der Waals surface area contributed by atoms with Crippen LogP contribution in [-0.2, 0) is 0 Å². The number of nitro benzene ring substituents is 1. The van der Waals surface area contributed by atoms with Gasteiger partial charge < -0.3 is 0 Å². The van der Waals surface area contributed by atoms with Gasteiger partial charge in [-0.05, 0) is 25.1 Å². The van der Waals surface area contributed by atoms with Crippen LogP contribution >= 0.6 is 11.3 Å². The van der Waals surface area contributed by atoms with Gasteiger partial charge in [0.15, 0.2) is 0 Å². The van der Waals surface area contributed by atoms with Crippen molar-refractivity contribution in [3.8, 4) is 11.3 Å². The van der Waals surface area contributed by atoms with Gasteiger partial charge in [0.05, 0.1) is 22.9 Å². The van der Waals surface area contributed by atoms with Crippen molar-refractivity contribution < 1.29 is 4.92 Å². The molecular weight excluding hydrogens is 362 g/mol. The molecule has 0 aliphatic rings. The van der Waals surface area contributed by atoms with E-state index in [4.69, 9.17) is 5.10 Å². The standard InChI is InChI=1S/C19H17N5O2S/c1-3-10-21-19-23(22-14(2)16-5-4-11-20-12-16)18(13-27-19)15-6-8-17(9-7-15)24(25)26/h3-9,11-13H,1,10H2,2H3. The molecule has 8 heteroatoms. The fourth-order valence-corrected chi connectivity index (χ4v) is 3.22. The molecule has 136 valence electrons. The van der Waals surface area contributed by atoms with Gasteiger partial charge in [-0.2, -0.15) is 5.10 Å². The van der Waals surface area contributed by atoms with E-state index in [1.54, 1.807) is 35.3 Å². The summed E-state index contributed by atoms with van der Waals surface area (Å²) >= 11 is 1.45. The van der Waals surface area contributed by atoms with Crippen LogP contribution < -0.4 is 4.80 Å². The van der Waals surface area contributed by atoms with Crippen molar-refractivity contribution in [2.75, 3.05) is 6.54 Å². The smallest absolute Gasteiger partial charge is 0.264 e. The van der Waals surface area contributed by atoms with Crippen LogP contribution in [0.15, 0.2) is 76.9 Å². The van der Waals surface area contributed by atoms with Crippen molar-refractivity contribution in [1.82, 2.24) is 9.66 Å². The molecule has 0 radical (unpaired) electrons. The molecule has 0 fully saturated rings. The van der Waals surface area contributed by atoms with E-state index in [1.165, 1.54) is 23.5 Å². The summed E-state index contributed by atoms with van der Waals surface area (Å²) < 4.78 is 1.75. The Kier molecular flexibility index (Phi) is 5.68. The molecule has 0 atom stereocenters. The summed E-state index contributed by atoms with van der Waals surface area (Å²) in [5.74, 6) is 0. The van der Waals surface area contributed by atoms with E-state index < -0.39 is 4.92 Å². The minimum Gasteiger partial charge on any atom is -0.264 e. The number of hydrogen-bond donors (Lipinski definition) is 0.